The minimum atomic E-state index is -0.213. The molecule has 26 heavy (non-hydrogen) atoms. The van der Waals surface area contributed by atoms with Crippen LogP contribution in [-0.2, 0) is 4.79 Å². The van der Waals surface area contributed by atoms with E-state index in [2.05, 4.69) is 16.3 Å². The van der Waals surface area contributed by atoms with Crippen LogP contribution in [0.5, 0.6) is 0 Å². The summed E-state index contributed by atoms with van der Waals surface area (Å²) in [5, 5.41) is 3.41. The van der Waals surface area contributed by atoms with Crippen molar-refractivity contribution in [2.75, 3.05) is 44.2 Å². The standard InChI is InChI=1S/C21H30FN3O/c22-19-6-8-20(9-7-19)24-14-16-25(17-15-24)21(26)11-13-23-12-10-18-4-2-1-3-5-18/h4,6-9,23H,1-3,5,10-17H2. The van der Waals surface area contributed by atoms with Gasteiger partial charge in [-0.3, -0.25) is 4.79 Å². The van der Waals surface area contributed by atoms with E-state index in [1.54, 1.807) is 17.7 Å². The molecule has 1 N–H and O–H groups in total. The summed E-state index contributed by atoms with van der Waals surface area (Å²) in [5.74, 6) is 0.0166. The Bertz CT molecular complexity index is 606. The number of carbonyl (C=O) groups excluding carboxylic acids is 1. The fourth-order valence-electron chi connectivity index (χ4n) is 3.73. The molecule has 1 fully saturated rings. The summed E-state index contributed by atoms with van der Waals surface area (Å²) in [6.45, 7) is 4.81. The van der Waals surface area contributed by atoms with Gasteiger partial charge >= 0.3 is 0 Å². The van der Waals surface area contributed by atoms with E-state index in [0.29, 0.717) is 6.42 Å². The van der Waals surface area contributed by atoms with Gasteiger partial charge in [-0.15, -0.1) is 0 Å². The van der Waals surface area contributed by atoms with E-state index in [0.717, 1.165) is 51.4 Å². The molecule has 1 aliphatic heterocycles. The second kappa shape index (κ2) is 9.72. The van der Waals surface area contributed by atoms with Crippen molar-refractivity contribution in [3.05, 3.63) is 41.7 Å². The first kappa shape index (κ1) is 18.9. The lowest BCUT2D eigenvalue weighted by Crippen LogP contribution is -2.49. The third kappa shape index (κ3) is 5.56. The molecule has 5 heteroatoms. The van der Waals surface area contributed by atoms with Gasteiger partial charge in [0.25, 0.3) is 0 Å². The van der Waals surface area contributed by atoms with Crippen LogP contribution < -0.4 is 10.2 Å². The van der Waals surface area contributed by atoms with Crippen LogP contribution in [0.3, 0.4) is 0 Å². The third-order valence-corrected chi connectivity index (χ3v) is 5.35. The number of anilines is 1. The maximum atomic E-state index is 13.0. The van der Waals surface area contributed by atoms with Gasteiger partial charge in [0.2, 0.25) is 5.91 Å². The minimum absolute atomic E-state index is 0.213. The van der Waals surface area contributed by atoms with Crippen molar-refractivity contribution in [1.29, 1.82) is 0 Å². The van der Waals surface area contributed by atoms with Gasteiger partial charge in [0.1, 0.15) is 5.82 Å². The Kier molecular flexibility index (Phi) is 7.06. The highest BCUT2D eigenvalue weighted by Gasteiger charge is 2.20. The number of halogens is 1. The molecule has 1 heterocycles. The number of carbonyl (C=O) groups is 1. The number of nitrogens with zero attached hydrogens (tertiary/aromatic N) is 2. The Morgan fingerprint density at radius 2 is 1.81 bits per heavy atom. The van der Waals surface area contributed by atoms with Crippen LogP contribution in [0.15, 0.2) is 35.9 Å². The van der Waals surface area contributed by atoms with Crippen molar-refractivity contribution >= 4 is 11.6 Å². The van der Waals surface area contributed by atoms with Crippen LogP contribution in [0.4, 0.5) is 10.1 Å². The summed E-state index contributed by atoms with van der Waals surface area (Å²) >= 11 is 0. The Hall–Kier alpha value is -1.88. The summed E-state index contributed by atoms with van der Waals surface area (Å²) in [7, 11) is 0. The Morgan fingerprint density at radius 3 is 2.50 bits per heavy atom. The molecular weight excluding hydrogens is 329 g/mol. The van der Waals surface area contributed by atoms with Gasteiger partial charge in [-0.1, -0.05) is 11.6 Å². The average Bonchev–Trinajstić information content (AvgIpc) is 2.69. The van der Waals surface area contributed by atoms with Gasteiger partial charge in [0.15, 0.2) is 0 Å². The summed E-state index contributed by atoms with van der Waals surface area (Å²) in [5.41, 5.74) is 2.60. The zero-order valence-electron chi connectivity index (χ0n) is 15.6. The van der Waals surface area contributed by atoms with Gasteiger partial charge in [-0.25, -0.2) is 4.39 Å². The molecule has 1 aromatic carbocycles. The van der Waals surface area contributed by atoms with E-state index in [1.165, 1.54) is 37.8 Å². The summed E-state index contributed by atoms with van der Waals surface area (Å²) in [6, 6.07) is 6.58. The number of nitrogens with one attached hydrogen (secondary N) is 1. The number of hydrogen-bond acceptors (Lipinski definition) is 3. The molecule has 0 spiro atoms. The van der Waals surface area contributed by atoms with Gasteiger partial charge in [-0.05, 0) is 62.9 Å². The topological polar surface area (TPSA) is 35.6 Å². The lowest BCUT2D eigenvalue weighted by molar-refractivity contribution is -0.131. The molecule has 0 atom stereocenters. The number of allylic oxidation sites excluding steroid dienone is 1. The second-order valence-electron chi connectivity index (χ2n) is 7.20. The lowest BCUT2D eigenvalue weighted by Gasteiger charge is -2.36. The first-order valence-electron chi connectivity index (χ1n) is 9.89. The predicted octanol–water partition coefficient (Wildman–Crippen LogP) is 3.34. The molecule has 0 aromatic heterocycles. The van der Waals surface area contributed by atoms with Crippen LogP contribution in [0, 0.1) is 5.82 Å². The number of rotatable bonds is 7. The van der Waals surface area contributed by atoms with Crippen LogP contribution in [0.2, 0.25) is 0 Å². The molecule has 0 saturated carbocycles. The smallest absolute Gasteiger partial charge is 0.223 e. The number of amides is 1. The van der Waals surface area contributed by atoms with Gasteiger partial charge in [-0.2, -0.15) is 0 Å². The summed E-state index contributed by atoms with van der Waals surface area (Å²) in [4.78, 5) is 16.5. The molecule has 0 bridgehead atoms. The van der Waals surface area contributed by atoms with Crippen molar-refractivity contribution in [1.82, 2.24) is 10.2 Å². The highest BCUT2D eigenvalue weighted by Crippen LogP contribution is 2.19. The highest BCUT2D eigenvalue weighted by atomic mass is 19.1. The van der Waals surface area contributed by atoms with E-state index in [4.69, 9.17) is 0 Å². The molecular formula is C21H30FN3O. The van der Waals surface area contributed by atoms with Crippen molar-refractivity contribution in [3.8, 4) is 0 Å². The maximum absolute atomic E-state index is 13.0. The van der Waals surface area contributed by atoms with E-state index in [1.807, 2.05) is 4.90 Å². The Labute approximate surface area is 156 Å². The van der Waals surface area contributed by atoms with Gasteiger partial charge in [0.05, 0.1) is 0 Å². The van der Waals surface area contributed by atoms with Crippen molar-refractivity contribution in [3.63, 3.8) is 0 Å². The molecule has 0 radical (unpaired) electrons. The summed E-state index contributed by atoms with van der Waals surface area (Å²) < 4.78 is 13.0. The average molecular weight is 359 g/mol. The van der Waals surface area contributed by atoms with Crippen LogP contribution in [-0.4, -0.2) is 50.1 Å². The van der Waals surface area contributed by atoms with E-state index in [9.17, 15) is 9.18 Å². The van der Waals surface area contributed by atoms with Gasteiger partial charge < -0.3 is 15.1 Å². The van der Waals surface area contributed by atoms with E-state index >= 15 is 0 Å². The largest absolute Gasteiger partial charge is 0.368 e. The van der Waals surface area contributed by atoms with E-state index in [-0.39, 0.29) is 11.7 Å². The monoisotopic (exact) mass is 359 g/mol. The van der Waals surface area contributed by atoms with Crippen molar-refractivity contribution in [2.24, 2.45) is 0 Å². The molecule has 1 aliphatic carbocycles. The SMILES string of the molecule is O=C(CCNCCC1=CCCCC1)N1CCN(c2ccc(F)cc2)CC1. The number of hydrogen-bond donors (Lipinski definition) is 1. The third-order valence-electron chi connectivity index (χ3n) is 5.35. The molecule has 1 aromatic rings. The zero-order valence-corrected chi connectivity index (χ0v) is 15.6. The van der Waals surface area contributed by atoms with E-state index < -0.39 is 0 Å². The molecule has 142 valence electrons. The van der Waals surface area contributed by atoms with Crippen LogP contribution in [0.25, 0.3) is 0 Å². The quantitative estimate of drug-likeness (QED) is 0.599. The molecule has 3 rings (SSSR count). The lowest BCUT2D eigenvalue weighted by atomic mass is 9.97. The number of benzene rings is 1. The predicted molar refractivity (Wildman–Crippen MR) is 104 cm³/mol. The normalized spacial score (nSPS) is 18.0. The van der Waals surface area contributed by atoms with Crippen molar-refractivity contribution in [2.45, 2.75) is 38.5 Å². The highest BCUT2D eigenvalue weighted by molar-refractivity contribution is 5.76. The first-order chi connectivity index (χ1) is 12.7. The zero-order chi connectivity index (χ0) is 18.2. The maximum Gasteiger partial charge on any atom is 0.223 e. The molecule has 1 amide bonds. The Balaban J connectivity index is 1.31. The van der Waals surface area contributed by atoms with Crippen LogP contribution >= 0.6 is 0 Å². The van der Waals surface area contributed by atoms with Gasteiger partial charge in [0, 0.05) is 44.8 Å². The number of piperazine rings is 1. The molecule has 2 aliphatic rings. The van der Waals surface area contributed by atoms with Crippen LogP contribution in [0.1, 0.15) is 38.5 Å². The first-order valence-corrected chi connectivity index (χ1v) is 9.89. The summed E-state index contributed by atoms with van der Waals surface area (Å²) in [6.07, 6.45) is 9.21. The fourth-order valence-corrected chi connectivity index (χ4v) is 3.73. The minimum Gasteiger partial charge on any atom is -0.368 e. The molecule has 4 nitrogen and oxygen atoms in total. The van der Waals surface area contributed by atoms with Crippen molar-refractivity contribution < 1.29 is 9.18 Å². The molecule has 1 saturated heterocycles. The second-order valence-corrected chi connectivity index (χ2v) is 7.20. The fraction of sp³-hybridized carbons (Fsp3) is 0.571. The molecule has 0 unspecified atom stereocenters. The Morgan fingerprint density at radius 1 is 1.04 bits per heavy atom.